The Morgan fingerprint density at radius 2 is 2.19 bits per heavy atom. The first kappa shape index (κ1) is 15.4. The molecule has 0 aliphatic heterocycles. The fourth-order valence-electron chi connectivity index (χ4n) is 1.82. The number of carbonyl (C=O) groups is 1. The predicted octanol–water partition coefficient (Wildman–Crippen LogP) is 2.94. The van der Waals surface area contributed by atoms with E-state index in [1.807, 2.05) is 30.3 Å². The van der Waals surface area contributed by atoms with E-state index in [0.29, 0.717) is 22.0 Å². The molecule has 7 heteroatoms. The first-order valence-electron chi connectivity index (χ1n) is 6.10. The highest BCUT2D eigenvalue weighted by Gasteiger charge is 2.21. The molecule has 0 unspecified atom stereocenters. The van der Waals surface area contributed by atoms with Gasteiger partial charge < -0.3 is 16.4 Å². The molecule has 2 rings (SSSR count). The number of halogens is 1. The number of nitrogens with zero attached hydrogens (tertiary/aromatic N) is 1. The number of rotatable bonds is 4. The lowest BCUT2D eigenvalue weighted by atomic mass is 10.2. The van der Waals surface area contributed by atoms with E-state index in [-0.39, 0.29) is 11.6 Å². The summed E-state index contributed by atoms with van der Waals surface area (Å²) in [6.45, 7) is 0.524. The van der Waals surface area contributed by atoms with Gasteiger partial charge in [-0.05, 0) is 11.6 Å². The molecule has 0 spiro atoms. The Balaban J connectivity index is 2.30. The minimum absolute atomic E-state index is 0.219. The van der Waals surface area contributed by atoms with Crippen molar-refractivity contribution in [1.29, 1.82) is 5.26 Å². The largest absolute Gasteiger partial charge is 0.396 e. The number of nitriles is 1. The van der Waals surface area contributed by atoms with Gasteiger partial charge in [0.1, 0.15) is 15.9 Å². The van der Waals surface area contributed by atoms with E-state index in [4.69, 9.17) is 11.0 Å². The standard InChI is InChI=1S/C14H13BrN4OS/c1-18-13(20)11-12(17)10(6-16)21-14(11)19-7-8-4-2-3-5-9(8)15/h2-5,19H,7,17H2,1H3,(H,18,20). The molecule has 1 aromatic carbocycles. The van der Waals surface area contributed by atoms with Crippen LogP contribution in [0.3, 0.4) is 0 Å². The smallest absolute Gasteiger partial charge is 0.256 e. The molecule has 0 saturated heterocycles. The van der Waals surface area contributed by atoms with Crippen molar-refractivity contribution in [3.8, 4) is 6.07 Å². The fraction of sp³-hybridized carbons (Fsp3) is 0.143. The zero-order valence-corrected chi connectivity index (χ0v) is 13.6. The van der Waals surface area contributed by atoms with Gasteiger partial charge >= 0.3 is 0 Å². The lowest BCUT2D eigenvalue weighted by molar-refractivity contribution is 0.0965. The SMILES string of the molecule is CNC(=O)c1c(NCc2ccccc2Br)sc(C#N)c1N. The van der Waals surface area contributed by atoms with E-state index < -0.39 is 0 Å². The Morgan fingerprint density at radius 1 is 1.48 bits per heavy atom. The second-order valence-corrected chi connectivity index (χ2v) is 6.06. The number of nitrogens with one attached hydrogen (secondary N) is 2. The average Bonchev–Trinajstić information content (AvgIpc) is 2.81. The monoisotopic (exact) mass is 364 g/mol. The number of nitrogen functional groups attached to an aromatic ring is 1. The van der Waals surface area contributed by atoms with Crippen molar-refractivity contribution in [2.45, 2.75) is 6.54 Å². The molecule has 2 aromatic rings. The van der Waals surface area contributed by atoms with Crippen LogP contribution in [0.1, 0.15) is 20.8 Å². The van der Waals surface area contributed by atoms with Crippen LogP contribution in [-0.4, -0.2) is 13.0 Å². The lowest BCUT2D eigenvalue weighted by Gasteiger charge is -2.08. The number of thiophene rings is 1. The predicted molar refractivity (Wildman–Crippen MR) is 88.3 cm³/mol. The maximum absolute atomic E-state index is 11.9. The van der Waals surface area contributed by atoms with Crippen molar-refractivity contribution >= 4 is 43.9 Å². The first-order valence-corrected chi connectivity index (χ1v) is 7.71. The molecule has 4 N–H and O–H groups in total. The minimum atomic E-state index is -0.306. The van der Waals surface area contributed by atoms with Gasteiger partial charge in [-0.1, -0.05) is 34.1 Å². The van der Waals surface area contributed by atoms with Crippen molar-refractivity contribution in [2.24, 2.45) is 0 Å². The zero-order valence-electron chi connectivity index (χ0n) is 11.2. The molecule has 0 fully saturated rings. The van der Waals surface area contributed by atoms with Crippen LogP contribution in [0.25, 0.3) is 0 Å². The number of hydrogen-bond acceptors (Lipinski definition) is 5. The number of amides is 1. The number of carbonyl (C=O) groups excluding carboxylic acids is 1. The van der Waals surface area contributed by atoms with E-state index >= 15 is 0 Å². The zero-order chi connectivity index (χ0) is 15.4. The van der Waals surface area contributed by atoms with E-state index in [1.54, 1.807) is 0 Å². The highest BCUT2D eigenvalue weighted by molar-refractivity contribution is 9.10. The second kappa shape index (κ2) is 6.61. The molecule has 1 amide bonds. The normalized spacial score (nSPS) is 9.95. The molecular formula is C14H13BrN4OS. The number of anilines is 2. The lowest BCUT2D eigenvalue weighted by Crippen LogP contribution is -2.20. The molecule has 0 saturated carbocycles. The van der Waals surface area contributed by atoms with Crippen LogP contribution in [-0.2, 0) is 6.54 Å². The molecule has 5 nitrogen and oxygen atoms in total. The first-order chi connectivity index (χ1) is 10.1. The van der Waals surface area contributed by atoms with Crippen molar-refractivity contribution in [2.75, 3.05) is 18.1 Å². The highest BCUT2D eigenvalue weighted by Crippen LogP contribution is 2.35. The maximum Gasteiger partial charge on any atom is 0.256 e. The van der Waals surface area contributed by atoms with E-state index in [9.17, 15) is 4.79 Å². The van der Waals surface area contributed by atoms with Crippen LogP contribution >= 0.6 is 27.3 Å². The van der Waals surface area contributed by atoms with Crippen molar-refractivity contribution in [1.82, 2.24) is 5.32 Å². The van der Waals surface area contributed by atoms with Crippen molar-refractivity contribution < 1.29 is 4.79 Å². The molecule has 0 bridgehead atoms. The van der Waals surface area contributed by atoms with E-state index in [2.05, 4.69) is 26.6 Å². The van der Waals surface area contributed by atoms with Gasteiger partial charge in [0.05, 0.1) is 11.3 Å². The highest BCUT2D eigenvalue weighted by atomic mass is 79.9. The van der Waals surface area contributed by atoms with E-state index in [0.717, 1.165) is 10.0 Å². The molecule has 0 aliphatic carbocycles. The Labute approximate surface area is 134 Å². The third-order valence-electron chi connectivity index (χ3n) is 2.90. The quantitative estimate of drug-likeness (QED) is 0.777. The summed E-state index contributed by atoms with van der Waals surface area (Å²) in [6, 6.07) is 9.79. The third kappa shape index (κ3) is 3.17. The molecule has 108 valence electrons. The Kier molecular flexibility index (Phi) is 4.83. The summed E-state index contributed by atoms with van der Waals surface area (Å²) < 4.78 is 0.976. The van der Waals surface area contributed by atoms with Gasteiger partial charge in [0, 0.05) is 18.1 Å². The molecule has 1 heterocycles. The van der Waals surface area contributed by atoms with Crippen molar-refractivity contribution in [3.05, 3.63) is 44.7 Å². The van der Waals surface area contributed by atoms with Crippen molar-refractivity contribution in [3.63, 3.8) is 0 Å². The van der Waals surface area contributed by atoms with Crippen LogP contribution in [0.5, 0.6) is 0 Å². The number of nitrogens with two attached hydrogens (primary N) is 1. The average molecular weight is 365 g/mol. The van der Waals surface area contributed by atoms with Crippen LogP contribution in [0.4, 0.5) is 10.7 Å². The minimum Gasteiger partial charge on any atom is -0.396 e. The van der Waals surface area contributed by atoms with Gasteiger partial charge in [0.15, 0.2) is 0 Å². The van der Waals surface area contributed by atoms with E-state index in [1.165, 1.54) is 18.4 Å². The van der Waals surface area contributed by atoms with Crippen LogP contribution in [0, 0.1) is 11.3 Å². The van der Waals surface area contributed by atoms with Gasteiger partial charge in [0.25, 0.3) is 5.91 Å². The summed E-state index contributed by atoms with van der Waals surface area (Å²) in [5, 5.41) is 15.4. The number of hydrogen-bond donors (Lipinski definition) is 3. The van der Waals surface area contributed by atoms with Gasteiger partial charge in [0.2, 0.25) is 0 Å². The molecular weight excluding hydrogens is 352 g/mol. The Bertz CT molecular complexity index is 720. The summed E-state index contributed by atoms with van der Waals surface area (Å²) in [4.78, 5) is 12.3. The molecule has 21 heavy (non-hydrogen) atoms. The molecule has 1 aromatic heterocycles. The summed E-state index contributed by atoms with van der Waals surface area (Å²) >= 11 is 4.65. The van der Waals surface area contributed by atoms with Gasteiger partial charge in [-0.2, -0.15) is 5.26 Å². The van der Waals surface area contributed by atoms with Gasteiger partial charge in [-0.15, -0.1) is 11.3 Å². The van der Waals surface area contributed by atoms with Crippen LogP contribution in [0.15, 0.2) is 28.7 Å². The summed E-state index contributed by atoms with van der Waals surface area (Å²) in [6.07, 6.45) is 0. The molecule has 0 radical (unpaired) electrons. The molecule has 0 atom stereocenters. The van der Waals surface area contributed by atoms with Gasteiger partial charge in [-0.3, -0.25) is 4.79 Å². The molecule has 0 aliphatic rings. The second-order valence-electron chi connectivity index (χ2n) is 4.18. The van der Waals surface area contributed by atoms with Crippen LogP contribution in [0.2, 0.25) is 0 Å². The topological polar surface area (TPSA) is 90.9 Å². The third-order valence-corrected chi connectivity index (χ3v) is 4.74. The fourth-order valence-corrected chi connectivity index (χ4v) is 3.15. The Hall–Kier alpha value is -2.04. The maximum atomic E-state index is 11.9. The van der Waals surface area contributed by atoms with Crippen LogP contribution < -0.4 is 16.4 Å². The summed E-state index contributed by atoms with van der Waals surface area (Å²) in [5.74, 6) is -0.306. The summed E-state index contributed by atoms with van der Waals surface area (Å²) in [5.41, 5.74) is 7.46. The Morgan fingerprint density at radius 3 is 2.81 bits per heavy atom. The number of benzene rings is 1. The summed E-state index contributed by atoms with van der Waals surface area (Å²) in [7, 11) is 1.53. The van der Waals surface area contributed by atoms with Gasteiger partial charge in [-0.25, -0.2) is 0 Å².